The lowest BCUT2D eigenvalue weighted by molar-refractivity contribution is -0.132. The third kappa shape index (κ3) is 7.30. The second-order valence-electron chi connectivity index (χ2n) is 11.9. The second kappa shape index (κ2) is 15.0. The zero-order valence-corrected chi connectivity index (χ0v) is 30.6. The van der Waals surface area contributed by atoms with E-state index in [4.69, 9.17) is 37.4 Å². The molecule has 260 valence electrons. The summed E-state index contributed by atoms with van der Waals surface area (Å²) in [6.45, 7) is 4.48. The second-order valence-corrected chi connectivity index (χ2v) is 14.9. The number of amides is 1. The number of ketones is 1. The van der Waals surface area contributed by atoms with E-state index in [1.165, 1.54) is 16.7 Å². The Morgan fingerprint density at radius 3 is 2.61 bits per heavy atom. The van der Waals surface area contributed by atoms with Crippen molar-refractivity contribution in [2.75, 3.05) is 11.5 Å². The molecule has 9 nitrogen and oxygen atoms in total. The Bertz CT molecular complexity index is 2160. The van der Waals surface area contributed by atoms with E-state index in [9.17, 15) is 14.7 Å². The van der Waals surface area contributed by atoms with Crippen LogP contribution < -0.4 is 19.1 Å². The third-order valence-electron chi connectivity index (χ3n) is 8.40. The minimum absolute atomic E-state index is 0.0113. The molecule has 2 atom stereocenters. The molecule has 51 heavy (non-hydrogen) atoms. The van der Waals surface area contributed by atoms with E-state index >= 15 is 0 Å². The number of carbonyl (C=O) groups is 2. The van der Waals surface area contributed by atoms with Crippen molar-refractivity contribution in [3.05, 3.63) is 128 Å². The summed E-state index contributed by atoms with van der Waals surface area (Å²) < 4.78 is 18.5. The number of hydrogen-bond acceptors (Lipinski definition) is 10. The van der Waals surface area contributed by atoms with Crippen molar-refractivity contribution in [1.29, 1.82) is 0 Å². The van der Waals surface area contributed by atoms with Gasteiger partial charge in [0.25, 0.3) is 5.78 Å². The Labute approximate surface area is 312 Å². The molecule has 2 aliphatic heterocycles. The van der Waals surface area contributed by atoms with Crippen LogP contribution in [0.3, 0.4) is 0 Å². The first-order valence-electron chi connectivity index (χ1n) is 16.1. The molecular formula is C38H31Cl2N3O6S2. The molecular weight excluding hydrogens is 729 g/mol. The highest BCUT2D eigenvalue weighted by molar-refractivity contribution is 8.00. The first-order valence-corrected chi connectivity index (χ1v) is 18.7. The normalized spacial score (nSPS) is 17.8. The van der Waals surface area contributed by atoms with Crippen LogP contribution in [0.2, 0.25) is 10.0 Å². The SMILES string of the molecule is CCOc1cc([C@H]2C(=C(O)c3ccc4c(c3)C[C@@H](C)O4)C(=O)C(=O)N2c2nnc(SCc3ccc(Cl)cc3Cl)s2)ccc1OCc1ccccc1. The molecule has 0 aliphatic carbocycles. The van der Waals surface area contributed by atoms with E-state index in [0.717, 1.165) is 33.8 Å². The van der Waals surface area contributed by atoms with Crippen LogP contribution in [0.15, 0.2) is 94.8 Å². The highest BCUT2D eigenvalue weighted by Gasteiger charge is 2.48. The number of aliphatic hydroxyl groups is 1. The summed E-state index contributed by atoms with van der Waals surface area (Å²) in [5.74, 6) is 0.135. The molecule has 1 N–H and O–H groups in total. The van der Waals surface area contributed by atoms with Gasteiger partial charge in [-0.05, 0) is 78.6 Å². The maximum atomic E-state index is 13.9. The van der Waals surface area contributed by atoms with Gasteiger partial charge in [-0.3, -0.25) is 14.5 Å². The zero-order chi connectivity index (χ0) is 35.6. The molecule has 0 unspecified atom stereocenters. The summed E-state index contributed by atoms with van der Waals surface area (Å²) in [4.78, 5) is 29.1. The molecule has 1 fully saturated rings. The van der Waals surface area contributed by atoms with Crippen molar-refractivity contribution >= 4 is 68.9 Å². The fourth-order valence-electron chi connectivity index (χ4n) is 6.02. The van der Waals surface area contributed by atoms with Crippen LogP contribution in [-0.2, 0) is 28.4 Å². The van der Waals surface area contributed by atoms with E-state index in [1.54, 1.807) is 48.5 Å². The van der Waals surface area contributed by atoms with Crippen LogP contribution in [0.1, 0.15) is 47.7 Å². The monoisotopic (exact) mass is 759 g/mol. The van der Waals surface area contributed by atoms with Crippen molar-refractivity contribution in [2.24, 2.45) is 0 Å². The summed E-state index contributed by atoms with van der Waals surface area (Å²) in [7, 11) is 0. The first kappa shape index (κ1) is 34.9. The molecule has 7 rings (SSSR count). The van der Waals surface area contributed by atoms with Gasteiger partial charge in [-0.2, -0.15) is 0 Å². The molecule has 3 heterocycles. The van der Waals surface area contributed by atoms with Gasteiger partial charge in [0, 0.05) is 27.8 Å². The van der Waals surface area contributed by atoms with Gasteiger partial charge in [0.05, 0.1) is 18.2 Å². The number of rotatable bonds is 11. The smallest absolute Gasteiger partial charge is 0.301 e. The van der Waals surface area contributed by atoms with Gasteiger partial charge < -0.3 is 19.3 Å². The Morgan fingerprint density at radius 1 is 1.00 bits per heavy atom. The minimum atomic E-state index is -1.05. The van der Waals surface area contributed by atoms with Crippen LogP contribution in [0, 0.1) is 0 Å². The number of nitrogens with zero attached hydrogens (tertiary/aromatic N) is 3. The van der Waals surface area contributed by atoms with E-state index in [2.05, 4.69) is 10.2 Å². The summed E-state index contributed by atoms with van der Waals surface area (Å²) in [6.07, 6.45) is 0.644. The fourth-order valence-corrected chi connectivity index (χ4v) is 8.45. The topological polar surface area (TPSA) is 111 Å². The van der Waals surface area contributed by atoms with Crippen molar-refractivity contribution in [3.63, 3.8) is 0 Å². The molecule has 13 heteroatoms. The van der Waals surface area contributed by atoms with E-state index < -0.39 is 17.7 Å². The van der Waals surface area contributed by atoms with Gasteiger partial charge in [-0.25, -0.2) is 0 Å². The standard InChI is InChI=1S/C38H31Cl2N3O6S2/c1-3-47-31-17-23(10-14-30(31)48-19-22-7-5-4-6-8-22)33-32(34(44)24-11-13-29-26(16-24)15-21(2)49-29)35(45)36(46)43(33)37-41-42-38(51-37)50-20-25-9-12-27(39)18-28(25)40/h4-14,16-18,21,33,44H,3,15,19-20H2,1-2H3/t21-,33+/m1/s1. The molecule has 5 aromatic rings. The molecule has 0 radical (unpaired) electrons. The van der Waals surface area contributed by atoms with Crippen LogP contribution in [-0.4, -0.2) is 39.7 Å². The zero-order valence-electron chi connectivity index (χ0n) is 27.5. The molecule has 0 bridgehead atoms. The third-order valence-corrected chi connectivity index (χ3v) is 11.1. The number of anilines is 1. The summed E-state index contributed by atoms with van der Waals surface area (Å²) in [5, 5.41) is 21.7. The highest BCUT2D eigenvalue weighted by Crippen LogP contribution is 2.46. The van der Waals surface area contributed by atoms with Crippen LogP contribution in [0.4, 0.5) is 5.13 Å². The maximum Gasteiger partial charge on any atom is 0.301 e. The van der Waals surface area contributed by atoms with Gasteiger partial charge in [0.15, 0.2) is 15.8 Å². The summed E-state index contributed by atoms with van der Waals surface area (Å²) >= 11 is 15.0. The number of ether oxygens (including phenoxy) is 3. The van der Waals surface area contributed by atoms with Crippen LogP contribution >= 0.6 is 46.3 Å². The molecule has 1 amide bonds. The molecule has 0 spiro atoms. The van der Waals surface area contributed by atoms with Crippen LogP contribution in [0.5, 0.6) is 17.2 Å². The van der Waals surface area contributed by atoms with Gasteiger partial charge in [0.1, 0.15) is 24.2 Å². The molecule has 2 aliphatic rings. The number of halogens is 2. The minimum Gasteiger partial charge on any atom is -0.507 e. The van der Waals surface area contributed by atoms with Gasteiger partial charge in [-0.15, -0.1) is 10.2 Å². The van der Waals surface area contributed by atoms with Crippen molar-refractivity contribution in [1.82, 2.24) is 10.2 Å². The maximum absolute atomic E-state index is 13.9. The predicted octanol–water partition coefficient (Wildman–Crippen LogP) is 9.06. The highest BCUT2D eigenvalue weighted by atomic mass is 35.5. The average molecular weight is 761 g/mol. The van der Waals surface area contributed by atoms with Crippen LogP contribution in [0.25, 0.3) is 5.76 Å². The number of thioether (sulfide) groups is 1. The number of hydrogen-bond donors (Lipinski definition) is 1. The number of Topliss-reactive ketones (excluding diaryl/α,β-unsaturated/α-hetero) is 1. The Balaban J connectivity index is 1.27. The van der Waals surface area contributed by atoms with Crippen molar-refractivity contribution in [3.8, 4) is 17.2 Å². The summed E-state index contributed by atoms with van der Waals surface area (Å²) in [6, 6.07) is 24.5. The molecule has 0 saturated carbocycles. The van der Waals surface area contributed by atoms with Gasteiger partial charge in [-0.1, -0.05) is 88.8 Å². The lowest BCUT2D eigenvalue weighted by Crippen LogP contribution is -2.29. The number of aliphatic hydroxyl groups excluding tert-OH is 1. The van der Waals surface area contributed by atoms with Gasteiger partial charge >= 0.3 is 5.91 Å². The average Bonchev–Trinajstić information content (AvgIpc) is 3.82. The molecule has 4 aromatic carbocycles. The van der Waals surface area contributed by atoms with E-state index in [0.29, 0.717) is 62.4 Å². The largest absolute Gasteiger partial charge is 0.507 e. The Hall–Kier alpha value is -4.55. The quantitative estimate of drug-likeness (QED) is 0.0464. The van der Waals surface area contributed by atoms with Crippen molar-refractivity contribution in [2.45, 2.75) is 49.1 Å². The van der Waals surface area contributed by atoms with E-state index in [-0.39, 0.29) is 22.6 Å². The Morgan fingerprint density at radius 2 is 1.82 bits per heavy atom. The van der Waals surface area contributed by atoms with Gasteiger partial charge in [0.2, 0.25) is 5.13 Å². The lowest BCUT2D eigenvalue weighted by atomic mass is 9.94. The Kier molecular flexibility index (Phi) is 10.2. The fraction of sp³-hybridized carbons (Fsp3) is 0.211. The summed E-state index contributed by atoms with van der Waals surface area (Å²) in [5.41, 5.74) is 3.58. The number of aromatic nitrogens is 2. The van der Waals surface area contributed by atoms with Crippen molar-refractivity contribution < 1.29 is 28.9 Å². The predicted molar refractivity (Wildman–Crippen MR) is 199 cm³/mol. The van der Waals surface area contributed by atoms with E-state index in [1.807, 2.05) is 50.2 Å². The number of fused-ring (bicyclic) bond motifs is 1. The first-order chi connectivity index (χ1) is 24.7. The lowest BCUT2D eigenvalue weighted by Gasteiger charge is -2.24. The number of carbonyl (C=O) groups excluding carboxylic acids is 2. The molecule has 1 aromatic heterocycles. The number of benzene rings is 4. The molecule has 1 saturated heterocycles.